The van der Waals surface area contributed by atoms with Crippen LogP contribution < -0.4 is 0 Å². The minimum Gasteiger partial charge on any atom is -0.465 e. The molecule has 2 N–H and O–H groups in total. The highest BCUT2D eigenvalue weighted by Crippen LogP contribution is 2.38. The Morgan fingerprint density at radius 2 is 2.07 bits per heavy atom. The van der Waals surface area contributed by atoms with Crippen molar-refractivity contribution in [3.63, 3.8) is 0 Å². The lowest BCUT2D eigenvalue weighted by Gasteiger charge is -2.47. The average molecular weight is 219 g/mol. The summed E-state index contributed by atoms with van der Waals surface area (Å²) < 4.78 is 13.4. The Balaban J connectivity index is 2.88. The van der Waals surface area contributed by atoms with Gasteiger partial charge in [0.15, 0.2) is 0 Å². The summed E-state index contributed by atoms with van der Waals surface area (Å²) in [6.45, 7) is 5.18. The molecule has 0 radical (unpaired) electrons. The van der Waals surface area contributed by atoms with Crippen LogP contribution in [0, 0.1) is 5.41 Å². The van der Waals surface area contributed by atoms with E-state index in [1.165, 1.54) is 0 Å². The van der Waals surface area contributed by atoms with Crippen LogP contribution in [0.3, 0.4) is 0 Å². The number of hydrogen-bond acceptors (Lipinski definition) is 2. The Labute approximate surface area is 88.7 Å². The summed E-state index contributed by atoms with van der Waals surface area (Å²) in [4.78, 5) is 11.7. The van der Waals surface area contributed by atoms with Crippen LogP contribution in [0.5, 0.6) is 0 Å². The summed E-state index contributed by atoms with van der Waals surface area (Å²) in [6.07, 6.45) is -2.47. The Morgan fingerprint density at radius 3 is 2.47 bits per heavy atom. The largest absolute Gasteiger partial charge is 0.465 e. The number of carboxylic acid groups (broad SMARTS) is 1. The number of rotatable bonds is 0. The number of hydrogen-bond donors (Lipinski definition) is 2. The Hall–Kier alpha value is -0.840. The molecule has 1 saturated heterocycles. The summed E-state index contributed by atoms with van der Waals surface area (Å²) in [6, 6.07) is 0. The molecule has 1 fully saturated rings. The number of halogens is 1. The van der Waals surface area contributed by atoms with E-state index in [9.17, 15) is 14.3 Å². The first-order valence-corrected chi connectivity index (χ1v) is 5.00. The van der Waals surface area contributed by atoms with Gasteiger partial charge >= 0.3 is 6.09 Å². The molecule has 2 unspecified atom stereocenters. The third-order valence-electron chi connectivity index (χ3n) is 3.10. The van der Waals surface area contributed by atoms with Crippen molar-refractivity contribution in [2.45, 2.75) is 39.0 Å². The topological polar surface area (TPSA) is 60.8 Å². The molecule has 4 nitrogen and oxygen atoms in total. The van der Waals surface area contributed by atoms with Gasteiger partial charge in [0.2, 0.25) is 0 Å². The molecule has 0 bridgehead atoms. The molecular weight excluding hydrogens is 201 g/mol. The molecule has 0 spiro atoms. The minimum absolute atomic E-state index is 0.000278. The molecule has 88 valence electrons. The first-order chi connectivity index (χ1) is 6.66. The number of β-amino-alcohol motifs (C(OH)–C–C–N with tert-alkyl or cyclic N) is 1. The molecule has 2 atom stereocenters. The Kier molecular flexibility index (Phi) is 2.96. The predicted molar refractivity (Wildman–Crippen MR) is 53.5 cm³/mol. The lowest BCUT2D eigenvalue weighted by atomic mass is 9.71. The van der Waals surface area contributed by atoms with E-state index in [0.29, 0.717) is 0 Å². The number of likely N-dealkylation sites (tertiary alicyclic amines) is 1. The summed E-state index contributed by atoms with van der Waals surface area (Å²) in [5, 5.41) is 19.1. The second-order valence-corrected chi connectivity index (χ2v) is 5.25. The van der Waals surface area contributed by atoms with Crippen LogP contribution in [0.2, 0.25) is 0 Å². The lowest BCUT2D eigenvalue weighted by Crippen LogP contribution is -2.59. The van der Waals surface area contributed by atoms with E-state index >= 15 is 0 Å². The number of amides is 1. The predicted octanol–water partition coefficient (Wildman–Crippen LogP) is 1.49. The number of nitrogens with zero attached hydrogens (tertiary/aromatic N) is 1. The fourth-order valence-electron chi connectivity index (χ4n) is 1.80. The molecule has 1 aliphatic heterocycles. The smallest absolute Gasteiger partial charge is 0.407 e. The summed E-state index contributed by atoms with van der Waals surface area (Å²) >= 11 is 0. The van der Waals surface area contributed by atoms with E-state index in [1.807, 2.05) is 0 Å². The zero-order valence-corrected chi connectivity index (χ0v) is 9.33. The van der Waals surface area contributed by atoms with E-state index in [1.54, 1.807) is 20.8 Å². The fourth-order valence-corrected chi connectivity index (χ4v) is 1.80. The molecule has 1 heterocycles. The normalized spacial score (nSPS) is 32.9. The molecule has 5 heteroatoms. The van der Waals surface area contributed by atoms with Gasteiger partial charge in [-0.2, -0.15) is 0 Å². The van der Waals surface area contributed by atoms with E-state index in [2.05, 4.69) is 0 Å². The molecule has 15 heavy (non-hydrogen) atoms. The van der Waals surface area contributed by atoms with E-state index in [4.69, 9.17) is 5.11 Å². The first kappa shape index (κ1) is 12.2. The molecule has 1 rings (SSSR count). The van der Waals surface area contributed by atoms with Crippen LogP contribution in [-0.2, 0) is 0 Å². The van der Waals surface area contributed by atoms with Crippen molar-refractivity contribution in [1.29, 1.82) is 0 Å². The zero-order chi connectivity index (χ0) is 11.9. The van der Waals surface area contributed by atoms with Crippen LogP contribution in [0.25, 0.3) is 0 Å². The van der Waals surface area contributed by atoms with Crippen LogP contribution in [-0.4, -0.2) is 46.1 Å². The zero-order valence-electron chi connectivity index (χ0n) is 9.33. The maximum atomic E-state index is 13.4. The van der Waals surface area contributed by atoms with Gasteiger partial charge in [-0.15, -0.1) is 0 Å². The van der Waals surface area contributed by atoms with Crippen LogP contribution in [0.4, 0.5) is 9.18 Å². The van der Waals surface area contributed by atoms with Gasteiger partial charge in [-0.25, -0.2) is 9.18 Å². The monoisotopic (exact) mass is 219 g/mol. The van der Waals surface area contributed by atoms with Gasteiger partial charge in [0.05, 0.1) is 18.7 Å². The van der Waals surface area contributed by atoms with Gasteiger partial charge < -0.3 is 15.1 Å². The quantitative estimate of drug-likeness (QED) is 0.648. The van der Waals surface area contributed by atoms with Gasteiger partial charge in [0.25, 0.3) is 0 Å². The number of carbonyl (C=O) groups is 1. The number of alkyl halides is 1. The third kappa shape index (κ3) is 2.40. The van der Waals surface area contributed by atoms with Gasteiger partial charge in [0, 0.05) is 6.42 Å². The Bertz CT molecular complexity index is 264. The molecule has 1 aliphatic rings. The first-order valence-electron chi connectivity index (χ1n) is 5.00. The van der Waals surface area contributed by atoms with Crippen molar-refractivity contribution in [2.24, 2.45) is 5.41 Å². The maximum Gasteiger partial charge on any atom is 0.407 e. The summed E-state index contributed by atoms with van der Waals surface area (Å²) in [7, 11) is 0. The van der Waals surface area contributed by atoms with Gasteiger partial charge in [0.1, 0.15) is 6.17 Å². The molecule has 0 aromatic carbocycles. The van der Waals surface area contributed by atoms with Crippen molar-refractivity contribution in [3.05, 3.63) is 0 Å². The molecule has 0 saturated carbocycles. The van der Waals surface area contributed by atoms with Crippen molar-refractivity contribution >= 4 is 6.09 Å². The standard InChI is InChI=1S/C10H18FNO3/c1-9(2,3)10(15)4-7(11)5-12(6-10)8(13)14/h7,15H,4-6H2,1-3H3,(H,13,14). The Morgan fingerprint density at radius 1 is 1.53 bits per heavy atom. The van der Waals surface area contributed by atoms with Crippen molar-refractivity contribution < 1.29 is 19.4 Å². The van der Waals surface area contributed by atoms with Crippen LogP contribution >= 0.6 is 0 Å². The number of piperidine rings is 1. The third-order valence-corrected chi connectivity index (χ3v) is 3.10. The molecule has 1 amide bonds. The molecule has 0 aromatic heterocycles. The lowest BCUT2D eigenvalue weighted by molar-refractivity contribution is -0.118. The van der Waals surface area contributed by atoms with Gasteiger partial charge in [-0.3, -0.25) is 0 Å². The molecule has 0 aliphatic carbocycles. The second-order valence-electron chi connectivity index (χ2n) is 5.25. The highest BCUT2D eigenvalue weighted by atomic mass is 19.1. The summed E-state index contributed by atoms with van der Waals surface area (Å²) in [5.41, 5.74) is -1.82. The maximum absolute atomic E-state index is 13.4. The van der Waals surface area contributed by atoms with Crippen LogP contribution in [0.15, 0.2) is 0 Å². The van der Waals surface area contributed by atoms with Crippen molar-refractivity contribution in [3.8, 4) is 0 Å². The second kappa shape index (κ2) is 3.63. The summed E-state index contributed by atoms with van der Waals surface area (Å²) in [5.74, 6) is 0. The highest BCUT2D eigenvalue weighted by molar-refractivity contribution is 5.65. The highest BCUT2D eigenvalue weighted by Gasteiger charge is 2.47. The van der Waals surface area contributed by atoms with Crippen LogP contribution in [0.1, 0.15) is 27.2 Å². The SMILES string of the molecule is CC(C)(C)C1(O)CC(F)CN(C(=O)O)C1. The van der Waals surface area contributed by atoms with E-state index in [0.717, 1.165) is 4.90 Å². The van der Waals surface area contributed by atoms with Crippen molar-refractivity contribution in [2.75, 3.05) is 13.1 Å². The molecule has 0 aromatic rings. The average Bonchev–Trinajstić information content (AvgIpc) is 2.00. The van der Waals surface area contributed by atoms with E-state index < -0.39 is 23.3 Å². The fraction of sp³-hybridized carbons (Fsp3) is 0.900. The molecular formula is C10H18FNO3. The van der Waals surface area contributed by atoms with Gasteiger partial charge in [-0.05, 0) is 5.41 Å². The van der Waals surface area contributed by atoms with Gasteiger partial charge in [-0.1, -0.05) is 20.8 Å². The van der Waals surface area contributed by atoms with Crippen molar-refractivity contribution in [1.82, 2.24) is 4.90 Å². The number of aliphatic hydroxyl groups is 1. The van der Waals surface area contributed by atoms with E-state index in [-0.39, 0.29) is 19.5 Å². The minimum atomic E-state index is -1.29.